The molecule has 0 radical (unpaired) electrons. The molecule has 0 saturated heterocycles. The van der Waals surface area contributed by atoms with Crippen LogP contribution in [-0.4, -0.2) is 37.6 Å². The van der Waals surface area contributed by atoms with Gasteiger partial charge in [-0.05, 0) is 37.3 Å². The SMILES string of the molecule is CCn1c(SCC(=O)Nc2cccc(OCCn3cccn3)c2)nc2ccccc21. The van der Waals surface area contributed by atoms with E-state index >= 15 is 0 Å². The molecule has 7 nitrogen and oxygen atoms in total. The van der Waals surface area contributed by atoms with Crippen molar-refractivity contribution in [2.75, 3.05) is 17.7 Å². The van der Waals surface area contributed by atoms with Gasteiger partial charge in [-0.25, -0.2) is 4.98 Å². The zero-order chi connectivity index (χ0) is 20.8. The number of carbonyl (C=O) groups excluding carboxylic acids is 1. The topological polar surface area (TPSA) is 74.0 Å². The molecule has 8 heteroatoms. The Morgan fingerprint density at radius 1 is 1.17 bits per heavy atom. The van der Waals surface area contributed by atoms with Crippen molar-refractivity contribution in [3.63, 3.8) is 0 Å². The summed E-state index contributed by atoms with van der Waals surface area (Å²) in [6.45, 7) is 4.05. The number of hydrogen-bond acceptors (Lipinski definition) is 5. The van der Waals surface area contributed by atoms with Crippen molar-refractivity contribution in [3.8, 4) is 5.75 Å². The molecule has 0 fully saturated rings. The maximum atomic E-state index is 12.5. The van der Waals surface area contributed by atoms with E-state index in [2.05, 4.69) is 26.9 Å². The molecule has 2 heterocycles. The number of thioether (sulfide) groups is 1. The van der Waals surface area contributed by atoms with Crippen LogP contribution in [0.5, 0.6) is 5.75 Å². The highest BCUT2D eigenvalue weighted by molar-refractivity contribution is 7.99. The van der Waals surface area contributed by atoms with Crippen molar-refractivity contribution in [2.24, 2.45) is 0 Å². The third-order valence-corrected chi connectivity index (χ3v) is 5.51. The van der Waals surface area contributed by atoms with Gasteiger partial charge < -0.3 is 14.6 Å². The van der Waals surface area contributed by atoms with Crippen LogP contribution in [0.1, 0.15) is 6.92 Å². The van der Waals surface area contributed by atoms with Crippen LogP contribution >= 0.6 is 11.8 Å². The number of carbonyl (C=O) groups is 1. The molecule has 0 aliphatic heterocycles. The molecule has 4 rings (SSSR count). The summed E-state index contributed by atoms with van der Waals surface area (Å²) in [6, 6.07) is 17.3. The Kier molecular flexibility index (Phi) is 6.34. The molecule has 0 saturated carbocycles. The Bertz CT molecular complexity index is 1120. The van der Waals surface area contributed by atoms with Crippen LogP contribution in [0.15, 0.2) is 72.1 Å². The number of hydrogen-bond donors (Lipinski definition) is 1. The van der Waals surface area contributed by atoms with Gasteiger partial charge in [-0.2, -0.15) is 5.10 Å². The van der Waals surface area contributed by atoms with Gasteiger partial charge in [0, 0.05) is 30.7 Å². The summed E-state index contributed by atoms with van der Waals surface area (Å²) in [4.78, 5) is 17.1. The predicted octanol–water partition coefficient (Wildman–Crippen LogP) is 4.06. The Balaban J connectivity index is 1.32. The van der Waals surface area contributed by atoms with E-state index in [4.69, 9.17) is 4.74 Å². The van der Waals surface area contributed by atoms with Gasteiger partial charge in [0.2, 0.25) is 5.91 Å². The number of aryl methyl sites for hydroxylation is 1. The van der Waals surface area contributed by atoms with Gasteiger partial charge in [-0.1, -0.05) is 30.0 Å². The second-order valence-corrected chi connectivity index (χ2v) is 7.55. The molecule has 2 aromatic heterocycles. The molecule has 0 atom stereocenters. The third-order valence-electron chi connectivity index (χ3n) is 4.53. The van der Waals surface area contributed by atoms with Crippen molar-refractivity contribution >= 4 is 34.4 Å². The highest BCUT2D eigenvalue weighted by atomic mass is 32.2. The zero-order valence-electron chi connectivity index (χ0n) is 16.7. The molecule has 0 bridgehead atoms. The number of nitrogens with zero attached hydrogens (tertiary/aromatic N) is 4. The van der Waals surface area contributed by atoms with Gasteiger partial charge in [0.25, 0.3) is 0 Å². The maximum absolute atomic E-state index is 12.5. The normalized spacial score (nSPS) is 11.0. The summed E-state index contributed by atoms with van der Waals surface area (Å²) in [5.41, 5.74) is 2.74. The smallest absolute Gasteiger partial charge is 0.234 e. The first kappa shape index (κ1) is 20.0. The highest BCUT2D eigenvalue weighted by Gasteiger charge is 2.12. The third kappa shape index (κ3) is 4.83. The minimum absolute atomic E-state index is 0.0802. The molecule has 0 spiro atoms. The second kappa shape index (κ2) is 9.49. The number of aromatic nitrogens is 4. The molecule has 154 valence electrons. The number of anilines is 1. The van der Waals surface area contributed by atoms with Gasteiger partial charge in [-0.15, -0.1) is 0 Å². The lowest BCUT2D eigenvalue weighted by molar-refractivity contribution is -0.113. The highest BCUT2D eigenvalue weighted by Crippen LogP contribution is 2.24. The van der Waals surface area contributed by atoms with E-state index in [0.717, 1.165) is 22.7 Å². The average molecular weight is 422 g/mol. The lowest BCUT2D eigenvalue weighted by Gasteiger charge is -2.10. The molecule has 0 unspecified atom stereocenters. The van der Waals surface area contributed by atoms with E-state index in [0.29, 0.717) is 24.6 Å². The molecule has 2 aromatic carbocycles. The van der Waals surface area contributed by atoms with Crippen LogP contribution in [-0.2, 0) is 17.9 Å². The Morgan fingerprint density at radius 3 is 2.90 bits per heavy atom. The minimum atomic E-state index is -0.0802. The Hall–Kier alpha value is -3.26. The summed E-state index contributed by atoms with van der Waals surface area (Å²) in [7, 11) is 0. The van der Waals surface area contributed by atoms with Gasteiger partial charge in [0.15, 0.2) is 5.16 Å². The van der Waals surface area contributed by atoms with Gasteiger partial charge in [0.1, 0.15) is 12.4 Å². The number of amides is 1. The monoisotopic (exact) mass is 421 g/mol. The van der Waals surface area contributed by atoms with Gasteiger partial charge in [0.05, 0.1) is 23.3 Å². The lowest BCUT2D eigenvalue weighted by atomic mass is 10.3. The standard InChI is InChI=1S/C22H23N5O2S/c1-2-27-20-10-4-3-9-19(20)25-22(27)30-16-21(28)24-17-7-5-8-18(15-17)29-14-13-26-12-6-11-23-26/h3-12,15H,2,13-14,16H2,1H3,(H,24,28). The predicted molar refractivity (Wildman–Crippen MR) is 119 cm³/mol. The maximum Gasteiger partial charge on any atom is 0.234 e. The second-order valence-electron chi connectivity index (χ2n) is 6.61. The van der Waals surface area contributed by atoms with Crippen LogP contribution in [0.25, 0.3) is 11.0 Å². The van der Waals surface area contributed by atoms with Crippen LogP contribution in [0.3, 0.4) is 0 Å². The Morgan fingerprint density at radius 2 is 2.07 bits per heavy atom. The number of rotatable bonds is 9. The van der Waals surface area contributed by atoms with Crippen LogP contribution in [0.4, 0.5) is 5.69 Å². The number of para-hydroxylation sites is 2. The molecule has 4 aromatic rings. The number of ether oxygens (including phenoxy) is 1. The number of imidazole rings is 1. The van der Waals surface area contributed by atoms with Crippen molar-refractivity contribution in [1.82, 2.24) is 19.3 Å². The quantitative estimate of drug-likeness (QED) is 0.413. The summed E-state index contributed by atoms with van der Waals surface area (Å²) < 4.78 is 9.70. The zero-order valence-corrected chi connectivity index (χ0v) is 17.5. The lowest BCUT2D eigenvalue weighted by Crippen LogP contribution is -2.15. The molecular weight excluding hydrogens is 398 g/mol. The van der Waals surface area contributed by atoms with Crippen molar-refractivity contribution in [2.45, 2.75) is 25.2 Å². The van der Waals surface area contributed by atoms with Crippen LogP contribution in [0, 0.1) is 0 Å². The van der Waals surface area contributed by atoms with E-state index in [1.165, 1.54) is 11.8 Å². The molecular formula is C22H23N5O2S. The first-order valence-corrected chi connectivity index (χ1v) is 10.8. The first-order valence-electron chi connectivity index (χ1n) is 9.81. The van der Waals surface area contributed by atoms with E-state index in [9.17, 15) is 4.79 Å². The fourth-order valence-electron chi connectivity index (χ4n) is 3.15. The van der Waals surface area contributed by atoms with Crippen LogP contribution in [0.2, 0.25) is 0 Å². The van der Waals surface area contributed by atoms with E-state index < -0.39 is 0 Å². The number of nitrogens with one attached hydrogen (secondary N) is 1. The molecule has 1 amide bonds. The summed E-state index contributed by atoms with van der Waals surface area (Å²) in [6.07, 6.45) is 3.63. The Labute approximate surface area is 179 Å². The fraction of sp³-hybridized carbons (Fsp3) is 0.227. The van der Waals surface area contributed by atoms with Crippen molar-refractivity contribution in [3.05, 3.63) is 67.0 Å². The van der Waals surface area contributed by atoms with Crippen molar-refractivity contribution in [1.29, 1.82) is 0 Å². The summed E-state index contributed by atoms with van der Waals surface area (Å²) >= 11 is 1.44. The van der Waals surface area contributed by atoms with Gasteiger partial charge in [-0.3, -0.25) is 9.48 Å². The molecule has 0 aliphatic carbocycles. The van der Waals surface area contributed by atoms with Crippen LogP contribution < -0.4 is 10.1 Å². The number of fused-ring (bicyclic) bond motifs is 1. The van der Waals surface area contributed by atoms with Crippen molar-refractivity contribution < 1.29 is 9.53 Å². The molecule has 0 aliphatic rings. The first-order chi connectivity index (χ1) is 14.7. The minimum Gasteiger partial charge on any atom is -0.492 e. The summed E-state index contributed by atoms with van der Waals surface area (Å²) in [5, 5.41) is 7.93. The average Bonchev–Trinajstić information content (AvgIpc) is 3.39. The van der Waals surface area contributed by atoms with Gasteiger partial charge >= 0.3 is 0 Å². The number of benzene rings is 2. The van der Waals surface area contributed by atoms with E-state index in [1.54, 1.807) is 6.20 Å². The summed E-state index contributed by atoms with van der Waals surface area (Å²) in [5.74, 6) is 0.914. The van der Waals surface area contributed by atoms with E-state index in [1.807, 2.05) is 65.5 Å². The fourth-order valence-corrected chi connectivity index (χ4v) is 4.03. The molecule has 1 N–H and O–H groups in total. The largest absolute Gasteiger partial charge is 0.492 e. The molecule has 30 heavy (non-hydrogen) atoms. The van der Waals surface area contributed by atoms with E-state index in [-0.39, 0.29) is 11.7 Å².